The van der Waals surface area contributed by atoms with Crippen LogP contribution in [0.3, 0.4) is 0 Å². The van der Waals surface area contributed by atoms with E-state index in [1.165, 1.54) is 11.3 Å². The van der Waals surface area contributed by atoms with E-state index in [-0.39, 0.29) is 5.78 Å². The summed E-state index contributed by atoms with van der Waals surface area (Å²) >= 11 is 7.11. The van der Waals surface area contributed by atoms with E-state index in [0.29, 0.717) is 29.4 Å². The topological polar surface area (TPSA) is 37.4 Å². The molecule has 0 aromatic carbocycles. The third-order valence-corrected chi connectivity index (χ3v) is 4.19. The van der Waals surface area contributed by atoms with E-state index in [1.807, 2.05) is 0 Å². The number of nitrogens with zero attached hydrogens (tertiary/aromatic N) is 1. The van der Waals surface area contributed by atoms with E-state index in [1.54, 1.807) is 12.1 Å². The zero-order valence-corrected chi connectivity index (χ0v) is 11.0. The number of hydrogen-bond donors (Lipinski definition) is 0. The van der Waals surface area contributed by atoms with Crippen LogP contribution in [0, 0.1) is 0 Å². The van der Waals surface area contributed by atoms with Crippen LogP contribution in [0.25, 0.3) is 0 Å². The quantitative estimate of drug-likeness (QED) is 0.790. The lowest BCUT2D eigenvalue weighted by Gasteiger charge is -2.25. The molecule has 1 aromatic heterocycles. The van der Waals surface area contributed by atoms with Crippen LogP contribution in [0.5, 0.6) is 0 Å². The lowest BCUT2D eigenvalue weighted by atomic mass is 10.1. The largest absolute Gasteiger partial charge is 0.302 e. The Labute approximate surface area is 109 Å². The van der Waals surface area contributed by atoms with E-state index in [4.69, 9.17) is 11.6 Å². The van der Waals surface area contributed by atoms with Crippen LogP contribution in [0.2, 0.25) is 4.34 Å². The first-order valence-corrected chi connectivity index (χ1v) is 6.87. The first-order valence-electron chi connectivity index (χ1n) is 5.68. The van der Waals surface area contributed by atoms with Crippen LogP contribution in [0.1, 0.15) is 28.9 Å². The lowest BCUT2D eigenvalue weighted by Crippen LogP contribution is -2.35. The maximum absolute atomic E-state index is 11.8. The Morgan fingerprint density at radius 3 is 2.65 bits per heavy atom. The smallest absolute Gasteiger partial charge is 0.174 e. The summed E-state index contributed by atoms with van der Waals surface area (Å²) in [5.41, 5.74) is 0. The maximum atomic E-state index is 11.8. The predicted octanol–water partition coefficient (Wildman–Crippen LogP) is 2.64. The third-order valence-electron chi connectivity index (χ3n) is 2.92. The molecule has 0 bridgehead atoms. The number of thiophene rings is 1. The van der Waals surface area contributed by atoms with Crippen LogP contribution in [0.15, 0.2) is 12.1 Å². The van der Waals surface area contributed by atoms with Crippen LogP contribution in [0.4, 0.5) is 0 Å². The molecule has 3 nitrogen and oxygen atoms in total. The van der Waals surface area contributed by atoms with Crippen molar-refractivity contribution in [3.05, 3.63) is 21.3 Å². The Kier molecular flexibility index (Phi) is 4.31. The zero-order chi connectivity index (χ0) is 12.3. The van der Waals surface area contributed by atoms with Crippen molar-refractivity contribution in [3.8, 4) is 0 Å². The van der Waals surface area contributed by atoms with Gasteiger partial charge in [-0.3, -0.25) is 9.59 Å². The molecule has 1 aliphatic heterocycles. The second-order valence-corrected chi connectivity index (χ2v) is 5.87. The van der Waals surface area contributed by atoms with Crippen LogP contribution >= 0.6 is 22.9 Å². The molecule has 1 saturated heterocycles. The monoisotopic (exact) mass is 271 g/mol. The molecule has 92 valence electrons. The molecule has 2 heterocycles. The van der Waals surface area contributed by atoms with Gasteiger partial charge in [-0.15, -0.1) is 11.3 Å². The number of carbonyl (C=O) groups excluding carboxylic acids is 2. The van der Waals surface area contributed by atoms with Gasteiger partial charge < -0.3 is 4.90 Å². The Morgan fingerprint density at radius 2 is 2.06 bits per heavy atom. The van der Waals surface area contributed by atoms with Gasteiger partial charge in [0.25, 0.3) is 0 Å². The summed E-state index contributed by atoms with van der Waals surface area (Å²) in [7, 11) is 0. The Bertz CT molecular complexity index is 420. The minimum Gasteiger partial charge on any atom is -0.302 e. The Balaban J connectivity index is 1.78. The van der Waals surface area contributed by atoms with Gasteiger partial charge in [-0.05, 0) is 12.1 Å². The Hall–Kier alpha value is -0.710. The van der Waals surface area contributed by atoms with Gasteiger partial charge in [0.2, 0.25) is 0 Å². The van der Waals surface area contributed by atoms with E-state index in [2.05, 4.69) is 4.90 Å². The molecule has 0 radical (unpaired) electrons. The molecule has 1 aliphatic rings. The highest BCUT2D eigenvalue weighted by Gasteiger charge is 2.17. The predicted molar refractivity (Wildman–Crippen MR) is 69.0 cm³/mol. The molecule has 1 aromatic rings. The van der Waals surface area contributed by atoms with Gasteiger partial charge in [-0.1, -0.05) is 11.6 Å². The summed E-state index contributed by atoms with van der Waals surface area (Å²) in [6.45, 7) is 2.32. The molecule has 0 spiro atoms. The maximum Gasteiger partial charge on any atom is 0.174 e. The van der Waals surface area contributed by atoms with E-state index >= 15 is 0 Å². The van der Waals surface area contributed by atoms with Gasteiger partial charge in [0.15, 0.2) is 5.78 Å². The normalized spacial score (nSPS) is 17.4. The molecule has 0 saturated carbocycles. The fourth-order valence-electron chi connectivity index (χ4n) is 1.87. The van der Waals surface area contributed by atoms with Gasteiger partial charge in [0, 0.05) is 38.9 Å². The average molecular weight is 272 g/mol. The van der Waals surface area contributed by atoms with Crippen LogP contribution in [-0.2, 0) is 4.79 Å². The van der Waals surface area contributed by atoms with Crippen LogP contribution < -0.4 is 0 Å². The van der Waals surface area contributed by atoms with Crippen molar-refractivity contribution in [1.29, 1.82) is 0 Å². The molecular weight excluding hydrogens is 258 g/mol. The number of ketones is 2. The number of rotatable bonds is 4. The number of carbonyl (C=O) groups is 2. The highest BCUT2D eigenvalue weighted by atomic mass is 35.5. The SMILES string of the molecule is O=C1CCN(CCC(=O)c2ccc(Cl)s2)CC1. The first kappa shape index (κ1) is 12.7. The van der Waals surface area contributed by atoms with Gasteiger partial charge in [-0.2, -0.15) is 0 Å². The van der Waals surface area contributed by atoms with Crippen molar-refractivity contribution in [1.82, 2.24) is 4.90 Å². The molecule has 1 fully saturated rings. The molecule has 2 rings (SSSR count). The highest BCUT2D eigenvalue weighted by molar-refractivity contribution is 7.18. The minimum absolute atomic E-state index is 0.138. The van der Waals surface area contributed by atoms with E-state index in [9.17, 15) is 9.59 Å². The third kappa shape index (κ3) is 3.63. The summed E-state index contributed by atoms with van der Waals surface area (Å²) in [6, 6.07) is 3.52. The summed E-state index contributed by atoms with van der Waals surface area (Å²) in [4.78, 5) is 25.8. The average Bonchev–Trinajstić information content (AvgIpc) is 2.75. The number of halogens is 1. The van der Waals surface area contributed by atoms with Gasteiger partial charge in [0.1, 0.15) is 5.78 Å². The number of piperidine rings is 1. The fraction of sp³-hybridized carbons (Fsp3) is 0.500. The van der Waals surface area contributed by atoms with Crippen LogP contribution in [-0.4, -0.2) is 36.1 Å². The molecular formula is C12H14ClNO2S. The minimum atomic E-state index is 0.138. The van der Waals surface area contributed by atoms with Gasteiger partial charge in [0.05, 0.1) is 9.21 Å². The molecule has 0 aliphatic carbocycles. The summed E-state index contributed by atoms with van der Waals surface area (Å²) in [5.74, 6) is 0.469. The lowest BCUT2D eigenvalue weighted by molar-refractivity contribution is -0.121. The number of likely N-dealkylation sites (tertiary alicyclic amines) is 1. The summed E-state index contributed by atoms with van der Waals surface area (Å²) in [5, 5.41) is 0. The highest BCUT2D eigenvalue weighted by Crippen LogP contribution is 2.22. The van der Waals surface area contributed by atoms with Crippen molar-refractivity contribution >= 4 is 34.5 Å². The first-order chi connectivity index (χ1) is 8.15. The number of Topliss-reactive ketones (excluding diaryl/α,β-unsaturated/α-hetero) is 2. The molecule has 17 heavy (non-hydrogen) atoms. The molecule has 0 N–H and O–H groups in total. The van der Waals surface area contributed by atoms with Crippen molar-refractivity contribution in [3.63, 3.8) is 0 Å². The molecule has 0 amide bonds. The fourth-order valence-corrected chi connectivity index (χ4v) is 2.88. The second-order valence-electron chi connectivity index (χ2n) is 4.16. The van der Waals surface area contributed by atoms with Crippen molar-refractivity contribution in [2.75, 3.05) is 19.6 Å². The Morgan fingerprint density at radius 1 is 1.35 bits per heavy atom. The van der Waals surface area contributed by atoms with E-state index in [0.717, 1.165) is 24.5 Å². The standard InChI is InChI=1S/C12H14ClNO2S/c13-12-2-1-11(17-12)10(16)5-8-14-6-3-9(15)4-7-14/h1-2H,3-8H2. The van der Waals surface area contributed by atoms with E-state index < -0.39 is 0 Å². The summed E-state index contributed by atoms with van der Waals surface area (Å²) in [6.07, 6.45) is 1.75. The van der Waals surface area contributed by atoms with Crippen molar-refractivity contribution in [2.24, 2.45) is 0 Å². The molecule has 5 heteroatoms. The molecule has 0 atom stereocenters. The molecule has 0 unspecified atom stereocenters. The second kappa shape index (κ2) is 5.76. The zero-order valence-electron chi connectivity index (χ0n) is 9.45. The van der Waals surface area contributed by atoms with Crippen molar-refractivity contribution in [2.45, 2.75) is 19.3 Å². The van der Waals surface area contributed by atoms with Gasteiger partial charge in [-0.25, -0.2) is 0 Å². The summed E-state index contributed by atoms with van der Waals surface area (Å²) < 4.78 is 0.650. The van der Waals surface area contributed by atoms with Crippen molar-refractivity contribution < 1.29 is 9.59 Å². The number of hydrogen-bond acceptors (Lipinski definition) is 4. The van der Waals surface area contributed by atoms with Gasteiger partial charge >= 0.3 is 0 Å².